The number of nitrogens with two attached hydrogens (primary N) is 1. The average molecular weight is 242 g/mol. The highest BCUT2D eigenvalue weighted by Gasteiger charge is 2.45. The van der Waals surface area contributed by atoms with Crippen molar-refractivity contribution in [1.29, 1.82) is 0 Å². The third-order valence-corrected chi connectivity index (χ3v) is 3.76. The molecule has 0 saturated heterocycles. The number of carbonyl (C=O) groups is 2. The maximum atomic E-state index is 12.4. The van der Waals surface area contributed by atoms with E-state index in [1.807, 2.05) is 6.92 Å². The lowest BCUT2D eigenvalue weighted by atomic mass is 9.67. The first-order valence-electron chi connectivity index (χ1n) is 6.20. The predicted octanol–water partition coefficient (Wildman–Crippen LogP) is 0.827. The summed E-state index contributed by atoms with van der Waals surface area (Å²) >= 11 is 0. The Morgan fingerprint density at radius 1 is 1.47 bits per heavy atom. The van der Waals surface area contributed by atoms with Gasteiger partial charge in [-0.3, -0.25) is 9.59 Å². The molecule has 0 spiro atoms. The molecule has 1 atom stereocenters. The van der Waals surface area contributed by atoms with Gasteiger partial charge in [-0.05, 0) is 26.7 Å². The summed E-state index contributed by atoms with van der Waals surface area (Å²) in [6.45, 7) is 4.55. The van der Waals surface area contributed by atoms with Crippen molar-refractivity contribution in [3.8, 4) is 0 Å². The molecule has 0 aliphatic heterocycles. The first-order chi connectivity index (χ1) is 7.96. The summed E-state index contributed by atoms with van der Waals surface area (Å²) in [6, 6.07) is -0.269. The number of rotatable bonds is 6. The molecule has 0 radical (unpaired) electrons. The molecule has 0 aromatic heterocycles. The number of hydrogen-bond acceptors (Lipinski definition) is 3. The van der Waals surface area contributed by atoms with Gasteiger partial charge in [0.25, 0.3) is 0 Å². The number of carbonyl (C=O) groups excluding carboxylic acids is 1. The zero-order chi connectivity index (χ0) is 13.1. The average Bonchev–Trinajstić information content (AvgIpc) is 2.16. The Bertz CT molecular complexity index is 295. The van der Waals surface area contributed by atoms with Gasteiger partial charge < -0.3 is 15.7 Å². The van der Waals surface area contributed by atoms with Gasteiger partial charge in [0, 0.05) is 19.1 Å². The maximum absolute atomic E-state index is 12.4. The molecule has 0 bridgehead atoms. The Kier molecular flexibility index (Phi) is 4.51. The van der Waals surface area contributed by atoms with E-state index >= 15 is 0 Å². The van der Waals surface area contributed by atoms with Crippen molar-refractivity contribution in [3.05, 3.63) is 0 Å². The monoisotopic (exact) mass is 242 g/mol. The normalized spacial score (nSPS) is 19.2. The Morgan fingerprint density at radius 2 is 2.06 bits per heavy atom. The molecule has 1 aliphatic rings. The van der Waals surface area contributed by atoms with Gasteiger partial charge in [0.15, 0.2) is 0 Å². The van der Waals surface area contributed by atoms with Crippen LogP contribution in [-0.4, -0.2) is 41.0 Å². The van der Waals surface area contributed by atoms with Crippen molar-refractivity contribution >= 4 is 11.9 Å². The number of nitrogens with zero attached hydrogens (tertiary/aromatic N) is 1. The zero-order valence-electron chi connectivity index (χ0n) is 10.6. The van der Waals surface area contributed by atoms with Gasteiger partial charge in [0.1, 0.15) is 0 Å². The molecule has 1 rings (SSSR count). The van der Waals surface area contributed by atoms with E-state index in [1.165, 1.54) is 0 Å². The molecule has 3 N–H and O–H groups in total. The molecular weight excluding hydrogens is 220 g/mol. The summed E-state index contributed by atoms with van der Waals surface area (Å²) in [4.78, 5) is 24.7. The van der Waals surface area contributed by atoms with E-state index in [9.17, 15) is 9.59 Å². The van der Waals surface area contributed by atoms with Gasteiger partial charge in [0.2, 0.25) is 5.91 Å². The van der Waals surface area contributed by atoms with Crippen LogP contribution < -0.4 is 5.73 Å². The van der Waals surface area contributed by atoms with E-state index < -0.39 is 11.4 Å². The molecule has 1 saturated carbocycles. The van der Waals surface area contributed by atoms with Gasteiger partial charge in [-0.2, -0.15) is 0 Å². The van der Waals surface area contributed by atoms with Gasteiger partial charge >= 0.3 is 5.97 Å². The van der Waals surface area contributed by atoms with E-state index in [2.05, 4.69) is 0 Å². The second-order valence-electron chi connectivity index (χ2n) is 4.88. The Morgan fingerprint density at radius 3 is 2.35 bits per heavy atom. The maximum Gasteiger partial charge on any atom is 0.305 e. The minimum absolute atomic E-state index is 0.0137. The van der Waals surface area contributed by atoms with Crippen molar-refractivity contribution in [2.24, 2.45) is 11.1 Å². The van der Waals surface area contributed by atoms with Gasteiger partial charge in [0.05, 0.1) is 11.8 Å². The van der Waals surface area contributed by atoms with Crippen LogP contribution in [0, 0.1) is 5.41 Å². The number of aliphatic carboxylic acids is 1. The van der Waals surface area contributed by atoms with Crippen molar-refractivity contribution < 1.29 is 14.7 Å². The molecule has 1 unspecified atom stereocenters. The van der Waals surface area contributed by atoms with E-state index in [-0.39, 0.29) is 18.4 Å². The summed E-state index contributed by atoms with van der Waals surface area (Å²) in [7, 11) is 0. The lowest BCUT2D eigenvalue weighted by molar-refractivity contribution is -0.150. The molecule has 0 heterocycles. The third-order valence-electron chi connectivity index (χ3n) is 3.76. The predicted molar refractivity (Wildman–Crippen MR) is 64.4 cm³/mol. The highest BCUT2D eigenvalue weighted by atomic mass is 16.4. The number of carboxylic acids is 1. The van der Waals surface area contributed by atoms with Gasteiger partial charge in [-0.1, -0.05) is 6.42 Å². The van der Waals surface area contributed by atoms with Crippen LogP contribution in [0.1, 0.15) is 39.5 Å². The molecule has 1 fully saturated rings. The summed E-state index contributed by atoms with van der Waals surface area (Å²) < 4.78 is 0. The Hall–Kier alpha value is -1.10. The number of amides is 1. The van der Waals surface area contributed by atoms with Crippen LogP contribution in [0.25, 0.3) is 0 Å². The molecule has 5 heteroatoms. The highest BCUT2D eigenvalue weighted by molar-refractivity contribution is 5.84. The summed E-state index contributed by atoms with van der Waals surface area (Å²) in [6.07, 6.45) is 2.69. The van der Waals surface area contributed by atoms with Crippen molar-refractivity contribution in [2.75, 3.05) is 13.1 Å². The van der Waals surface area contributed by atoms with Gasteiger partial charge in [-0.15, -0.1) is 0 Å². The largest absolute Gasteiger partial charge is 0.481 e. The van der Waals surface area contributed by atoms with E-state index in [0.717, 1.165) is 19.3 Å². The minimum atomic E-state index is -0.876. The topological polar surface area (TPSA) is 83.6 Å². The fraction of sp³-hybridized carbons (Fsp3) is 0.833. The highest BCUT2D eigenvalue weighted by Crippen LogP contribution is 2.41. The first-order valence-corrected chi connectivity index (χ1v) is 6.20. The van der Waals surface area contributed by atoms with Crippen LogP contribution in [0.3, 0.4) is 0 Å². The fourth-order valence-corrected chi connectivity index (χ4v) is 2.43. The molecule has 0 aromatic carbocycles. The molecule has 1 aliphatic carbocycles. The summed E-state index contributed by atoms with van der Waals surface area (Å²) in [5.41, 5.74) is 5.29. The lowest BCUT2D eigenvalue weighted by Gasteiger charge is -2.44. The number of carboxylic acid groups (broad SMARTS) is 1. The number of hydrogen-bond donors (Lipinski definition) is 2. The minimum Gasteiger partial charge on any atom is -0.481 e. The van der Waals surface area contributed by atoms with E-state index in [0.29, 0.717) is 13.1 Å². The second kappa shape index (κ2) is 5.49. The second-order valence-corrected chi connectivity index (χ2v) is 4.88. The standard InChI is InChI=1S/C12H22N2O3/c1-3-14(9(2)7-10(15)16)11(17)12(8-13)5-4-6-12/h9H,3-8,13H2,1-2H3,(H,15,16). The first kappa shape index (κ1) is 14.0. The molecule has 1 amide bonds. The zero-order valence-corrected chi connectivity index (χ0v) is 10.6. The van der Waals surface area contributed by atoms with Crippen molar-refractivity contribution in [1.82, 2.24) is 4.90 Å². The van der Waals surface area contributed by atoms with Crippen LogP contribution in [0.2, 0.25) is 0 Å². The van der Waals surface area contributed by atoms with Crippen LogP contribution in [0.15, 0.2) is 0 Å². The molecule has 0 aromatic rings. The lowest BCUT2D eigenvalue weighted by Crippen LogP contribution is -2.54. The van der Waals surface area contributed by atoms with E-state index in [4.69, 9.17) is 10.8 Å². The fourth-order valence-electron chi connectivity index (χ4n) is 2.43. The van der Waals surface area contributed by atoms with E-state index in [1.54, 1.807) is 11.8 Å². The van der Waals surface area contributed by atoms with Crippen molar-refractivity contribution in [2.45, 2.75) is 45.6 Å². The molecular formula is C12H22N2O3. The molecule has 17 heavy (non-hydrogen) atoms. The summed E-state index contributed by atoms with van der Waals surface area (Å²) in [5.74, 6) is -0.846. The Labute approximate surface area is 102 Å². The van der Waals surface area contributed by atoms with Crippen molar-refractivity contribution in [3.63, 3.8) is 0 Å². The SMILES string of the molecule is CCN(C(=O)C1(CN)CCC1)C(C)CC(=O)O. The quantitative estimate of drug-likeness (QED) is 0.722. The van der Waals surface area contributed by atoms with Crippen LogP contribution in [0.4, 0.5) is 0 Å². The molecule has 98 valence electrons. The molecule has 5 nitrogen and oxygen atoms in total. The van der Waals surface area contributed by atoms with Crippen LogP contribution in [0.5, 0.6) is 0 Å². The third kappa shape index (κ3) is 2.77. The van der Waals surface area contributed by atoms with Gasteiger partial charge in [-0.25, -0.2) is 0 Å². The Balaban J connectivity index is 2.72. The summed E-state index contributed by atoms with van der Waals surface area (Å²) in [5, 5.41) is 8.78. The smallest absolute Gasteiger partial charge is 0.305 e. The van der Waals surface area contributed by atoms with Crippen LogP contribution in [-0.2, 0) is 9.59 Å². The van der Waals surface area contributed by atoms with Crippen LogP contribution >= 0.6 is 0 Å².